The predicted octanol–water partition coefficient (Wildman–Crippen LogP) is 2.89. The van der Waals surface area contributed by atoms with E-state index in [9.17, 15) is 4.39 Å². The number of hydrogen-bond donors (Lipinski definition) is 2. The molecule has 0 aromatic heterocycles. The zero-order valence-electron chi connectivity index (χ0n) is 13.8. The second kappa shape index (κ2) is 8.01. The van der Waals surface area contributed by atoms with Gasteiger partial charge in [-0.2, -0.15) is 0 Å². The van der Waals surface area contributed by atoms with Gasteiger partial charge in [-0.15, -0.1) is 0 Å². The van der Waals surface area contributed by atoms with Crippen LogP contribution in [0.4, 0.5) is 10.1 Å². The summed E-state index contributed by atoms with van der Waals surface area (Å²) in [7, 11) is 0. The fourth-order valence-corrected chi connectivity index (χ4v) is 2.38. The van der Waals surface area contributed by atoms with E-state index in [0.717, 1.165) is 31.2 Å². The summed E-state index contributed by atoms with van der Waals surface area (Å²) in [5.74, 6) is 0.648. The van der Waals surface area contributed by atoms with Crippen molar-refractivity contribution in [2.75, 3.05) is 24.5 Å². The van der Waals surface area contributed by atoms with Crippen LogP contribution in [-0.2, 0) is 6.54 Å². The van der Waals surface area contributed by atoms with Crippen molar-refractivity contribution < 1.29 is 4.39 Å². The smallest absolute Gasteiger partial charge is 0.191 e. The lowest BCUT2D eigenvalue weighted by Gasteiger charge is -2.21. The van der Waals surface area contributed by atoms with Gasteiger partial charge < -0.3 is 15.5 Å². The molecule has 2 N–H and O–H groups in total. The first-order chi connectivity index (χ1) is 10.7. The highest BCUT2D eigenvalue weighted by Crippen LogP contribution is 2.21. The van der Waals surface area contributed by atoms with Crippen molar-refractivity contribution in [2.24, 2.45) is 4.99 Å². The maximum atomic E-state index is 14.2. The highest BCUT2D eigenvalue weighted by molar-refractivity contribution is 5.80. The Hall–Kier alpha value is -1.78. The van der Waals surface area contributed by atoms with Gasteiger partial charge in [-0.05, 0) is 51.3 Å². The molecule has 1 fully saturated rings. The number of nitrogens with one attached hydrogen (secondary N) is 2. The zero-order chi connectivity index (χ0) is 15.9. The van der Waals surface area contributed by atoms with Crippen LogP contribution in [0, 0.1) is 5.82 Å². The van der Waals surface area contributed by atoms with Gasteiger partial charge in [-0.1, -0.05) is 6.07 Å². The summed E-state index contributed by atoms with van der Waals surface area (Å²) in [6.07, 6.45) is 2.41. The Morgan fingerprint density at radius 3 is 2.55 bits per heavy atom. The Bertz CT molecular complexity index is 507. The average molecular weight is 306 g/mol. The predicted molar refractivity (Wildman–Crippen MR) is 90.9 cm³/mol. The molecule has 0 amide bonds. The van der Waals surface area contributed by atoms with Crippen LogP contribution >= 0.6 is 0 Å². The molecule has 0 atom stereocenters. The van der Waals surface area contributed by atoms with E-state index < -0.39 is 0 Å². The molecule has 0 aliphatic heterocycles. The van der Waals surface area contributed by atoms with Gasteiger partial charge in [0, 0.05) is 25.7 Å². The quantitative estimate of drug-likeness (QED) is 0.601. The lowest BCUT2D eigenvalue weighted by atomic mass is 10.2. The third-order valence-electron chi connectivity index (χ3n) is 3.80. The molecule has 1 saturated carbocycles. The van der Waals surface area contributed by atoms with E-state index in [-0.39, 0.29) is 5.82 Å². The van der Waals surface area contributed by atoms with Crippen LogP contribution in [0.25, 0.3) is 0 Å². The second-order valence-corrected chi connectivity index (χ2v) is 5.57. The highest BCUT2D eigenvalue weighted by atomic mass is 19.1. The van der Waals surface area contributed by atoms with E-state index in [2.05, 4.69) is 15.6 Å². The van der Waals surface area contributed by atoms with Crippen molar-refractivity contribution in [3.8, 4) is 0 Å². The number of halogens is 1. The number of aliphatic imine (C=N–C) groups is 1. The van der Waals surface area contributed by atoms with E-state index in [1.54, 1.807) is 6.07 Å². The first-order valence-electron chi connectivity index (χ1n) is 8.26. The maximum absolute atomic E-state index is 14.2. The van der Waals surface area contributed by atoms with Crippen molar-refractivity contribution in [1.29, 1.82) is 0 Å². The molecule has 1 aliphatic rings. The molecule has 0 radical (unpaired) electrons. The standard InChI is InChI=1S/C17H27FN4/c1-4-19-17(21-14-8-9-14)20-12-13-7-10-16(15(18)11-13)22(5-2)6-3/h7,10-11,14H,4-6,8-9,12H2,1-3H3,(H2,19,20,21). The van der Waals surface area contributed by atoms with Crippen LogP contribution in [0.5, 0.6) is 0 Å². The van der Waals surface area contributed by atoms with Crippen molar-refractivity contribution in [3.63, 3.8) is 0 Å². The van der Waals surface area contributed by atoms with Crippen molar-refractivity contribution in [3.05, 3.63) is 29.6 Å². The molecule has 0 unspecified atom stereocenters. The van der Waals surface area contributed by atoms with Gasteiger partial charge in [0.15, 0.2) is 5.96 Å². The lowest BCUT2D eigenvalue weighted by Crippen LogP contribution is -2.38. The third kappa shape index (κ3) is 4.61. The molecule has 1 aromatic carbocycles. The van der Waals surface area contributed by atoms with Crippen LogP contribution in [0.3, 0.4) is 0 Å². The SMILES string of the molecule is CCNC(=NCc1ccc(N(CC)CC)c(F)c1)NC1CC1. The number of guanidine groups is 1. The molecule has 4 nitrogen and oxygen atoms in total. The minimum absolute atomic E-state index is 0.170. The minimum Gasteiger partial charge on any atom is -0.370 e. The monoisotopic (exact) mass is 306 g/mol. The normalized spacial score (nSPS) is 14.8. The Labute approximate surface area is 132 Å². The van der Waals surface area contributed by atoms with Gasteiger partial charge in [0.25, 0.3) is 0 Å². The fraction of sp³-hybridized carbons (Fsp3) is 0.588. The van der Waals surface area contributed by atoms with Gasteiger partial charge in [-0.25, -0.2) is 9.38 Å². The largest absolute Gasteiger partial charge is 0.370 e. The molecule has 2 rings (SSSR count). The molecule has 1 aliphatic carbocycles. The van der Waals surface area contributed by atoms with E-state index in [0.29, 0.717) is 18.3 Å². The minimum atomic E-state index is -0.170. The molecule has 5 heteroatoms. The van der Waals surface area contributed by atoms with Crippen molar-refractivity contribution >= 4 is 11.6 Å². The average Bonchev–Trinajstić information content (AvgIpc) is 3.32. The highest BCUT2D eigenvalue weighted by Gasteiger charge is 2.22. The molecule has 122 valence electrons. The van der Waals surface area contributed by atoms with Crippen LogP contribution < -0.4 is 15.5 Å². The van der Waals surface area contributed by atoms with Crippen molar-refractivity contribution in [2.45, 2.75) is 46.2 Å². The summed E-state index contributed by atoms with van der Waals surface area (Å²) in [5.41, 5.74) is 1.56. The number of benzene rings is 1. The van der Waals surface area contributed by atoms with E-state index in [1.807, 2.05) is 37.8 Å². The molecule has 22 heavy (non-hydrogen) atoms. The molecule has 0 bridgehead atoms. The molecule has 0 heterocycles. The van der Waals surface area contributed by atoms with Crippen molar-refractivity contribution in [1.82, 2.24) is 10.6 Å². The van der Waals surface area contributed by atoms with E-state index in [4.69, 9.17) is 0 Å². The fourth-order valence-electron chi connectivity index (χ4n) is 2.38. The number of nitrogens with zero attached hydrogens (tertiary/aromatic N) is 2. The first kappa shape index (κ1) is 16.6. The van der Waals surface area contributed by atoms with Gasteiger partial charge in [-0.3, -0.25) is 0 Å². The Morgan fingerprint density at radius 2 is 2.00 bits per heavy atom. The Morgan fingerprint density at radius 1 is 1.27 bits per heavy atom. The Balaban J connectivity index is 2.03. The summed E-state index contributed by atoms with van der Waals surface area (Å²) in [4.78, 5) is 6.55. The van der Waals surface area contributed by atoms with Crippen LogP contribution in [0.15, 0.2) is 23.2 Å². The third-order valence-corrected chi connectivity index (χ3v) is 3.80. The van der Waals surface area contributed by atoms with Crippen LogP contribution in [-0.4, -0.2) is 31.6 Å². The maximum Gasteiger partial charge on any atom is 0.191 e. The summed E-state index contributed by atoms with van der Waals surface area (Å²) < 4.78 is 14.2. The van der Waals surface area contributed by atoms with Gasteiger partial charge in [0.2, 0.25) is 0 Å². The molecule has 1 aromatic rings. The molecule has 0 spiro atoms. The zero-order valence-corrected chi connectivity index (χ0v) is 13.8. The Kier molecular flexibility index (Phi) is 6.04. The van der Waals surface area contributed by atoms with E-state index in [1.165, 1.54) is 12.8 Å². The lowest BCUT2D eigenvalue weighted by molar-refractivity contribution is 0.617. The molecule has 0 saturated heterocycles. The summed E-state index contributed by atoms with van der Waals surface area (Å²) in [5, 5.41) is 6.59. The first-order valence-corrected chi connectivity index (χ1v) is 8.26. The number of anilines is 1. The van der Waals surface area contributed by atoms with Gasteiger partial charge in [0.1, 0.15) is 5.82 Å². The summed E-state index contributed by atoms with van der Waals surface area (Å²) in [6.45, 7) is 9.04. The molecular formula is C17H27FN4. The topological polar surface area (TPSA) is 39.7 Å². The number of hydrogen-bond acceptors (Lipinski definition) is 2. The van der Waals surface area contributed by atoms with E-state index >= 15 is 0 Å². The van der Waals surface area contributed by atoms with Crippen LogP contribution in [0.2, 0.25) is 0 Å². The summed E-state index contributed by atoms with van der Waals surface area (Å²) >= 11 is 0. The second-order valence-electron chi connectivity index (χ2n) is 5.57. The summed E-state index contributed by atoms with van der Waals surface area (Å²) in [6, 6.07) is 5.97. The van der Waals surface area contributed by atoms with Gasteiger partial charge in [0.05, 0.1) is 12.2 Å². The molecular weight excluding hydrogens is 279 g/mol. The van der Waals surface area contributed by atoms with Crippen LogP contribution in [0.1, 0.15) is 39.2 Å². The number of rotatable bonds is 7. The van der Waals surface area contributed by atoms with Gasteiger partial charge >= 0.3 is 0 Å².